The number of hydrogen-bond donors (Lipinski definition) is 1. The average molecular weight is 360 g/mol. The summed E-state index contributed by atoms with van der Waals surface area (Å²) in [5, 5.41) is 13.0. The second-order valence-corrected chi connectivity index (χ2v) is 5.52. The Bertz CT molecular complexity index is 925. The smallest absolute Gasteiger partial charge is 0.201 e. The Morgan fingerprint density at radius 1 is 0.778 bits per heavy atom. The molecule has 6 nitrogen and oxygen atoms in total. The number of para-hydroxylation sites is 1. The van der Waals surface area contributed by atoms with E-state index in [1.165, 1.54) is 0 Å². The van der Waals surface area contributed by atoms with Gasteiger partial charge in [-0.25, -0.2) is 0 Å². The second-order valence-electron chi connectivity index (χ2n) is 5.52. The van der Waals surface area contributed by atoms with Gasteiger partial charge in [0, 0.05) is 5.56 Å². The van der Waals surface area contributed by atoms with Crippen molar-refractivity contribution in [3.05, 3.63) is 84.4 Å². The molecule has 0 atom stereocenters. The normalized spacial score (nSPS) is 11.4. The van der Waals surface area contributed by atoms with Gasteiger partial charge in [-0.15, -0.1) is 10.2 Å². The van der Waals surface area contributed by atoms with Crippen LogP contribution in [0.3, 0.4) is 0 Å². The lowest BCUT2D eigenvalue weighted by Gasteiger charge is -2.09. The number of azo groups is 1. The molecule has 0 bridgehead atoms. The van der Waals surface area contributed by atoms with Crippen LogP contribution in [0.15, 0.2) is 94.2 Å². The predicted octanol–water partition coefficient (Wildman–Crippen LogP) is 5.26. The maximum absolute atomic E-state index is 5.38. The predicted molar refractivity (Wildman–Crippen MR) is 107 cm³/mol. The highest BCUT2D eigenvalue weighted by molar-refractivity contribution is 6.00. The zero-order valence-electron chi connectivity index (χ0n) is 15.2. The summed E-state index contributed by atoms with van der Waals surface area (Å²) in [7, 11) is 3.19. The number of amidine groups is 1. The van der Waals surface area contributed by atoms with E-state index in [9.17, 15) is 0 Å². The number of nitrogens with zero attached hydrogens (tertiary/aromatic N) is 3. The average Bonchev–Trinajstić information content (AvgIpc) is 2.75. The molecule has 3 rings (SSSR count). The molecule has 0 aromatic heterocycles. The number of anilines is 1. The summed E-state index contributed by atoms with van der Waals surface area (Å²) in [5.41, 5.74) is 5.35. The van der Waals surface area contributed by atoms with Crippen LogP contribution in [0.5, 0.6) is 11.5 Å². The SMILES string of the molecule is COc1ccc(/C(N=Nc2ccccc2)=N\Nc2ccccc2)cc1OC. The summed E-state index contributed by atoms with van der Waals surface area (Å²) < 4.78 is 10.7. The van der Waals surface area contributed by atoms with E-state index in [0.29, 0.717) is 17.3 Å². The number of nitrogens with one attached hydrogen (secondary N) is 1. The summed E-state index contributed by atoms with van der Waals surface area (Å²) in [6.45, 7) is 0. The van der Waals surface area contributed by atoms with Gasteiger partial charge >= 0.3 is 0 Å². The van der Waals surface area contributed by atoms with Crippen LogP contribution < -0.4 is 14.9 Å². The number of ether oxygens (including phenoxy) is 2. The molecule has 1 N–H and O–H groups in total. The van der Waals surface area contributed by atoms with Crippen molar-refractivity contribution < 1.29 is 9.47 Å². The summed E-state index contributed by atoms with van der Waals surface area (Å²) in [6.07, 6.45) is 0. The molecule has 0 aliphatic rings. The van der Waals surface area contributed by atoms with Crippen molar-refractivity contribution in [3.63, 3.8) is 0 Å². The monoisotopic (exact) mass is 360 g/mol. The fraction of sp³-hybridized carbons (Fsp3) is 0.0952. The number of hydrazone groups is 1. The molecular weight excluding hydrogens is 340 g/mol. The van der Waals surface area contributed by atoms with Crippen LogP contribution in [0, 0.1) is 0 Å². The first-order chi connectivity index (χ1) is 13.3. The Morgan fingerprint density at radius 3 is 2.11 bits per heavy atom. The van der Waals surface area contributed by atoms with Crippen molar-refractivity contribution in [1.29, 1.82) is 0 Å². The van der Waals surface area contributed by atoms with Gasteiger partial charge in [-0.3, -0.25) is 5.43 Å². The highest BCUT2D eigenvalue weighted by Crippen LogP contribution is 2.28. The molecular formula is C21H20N4O2. The zero-order chi connectivity index (χ0) is 18.9. The lowest BCUT2D eigenvalue weighted by Crippen LogP contribution is -2.02. The van der Waals surface area contributed by atoms with Gasteiger partial charge in [-0.1, -0.05) is 36.4 Å². The van der Waals surface area contributed by atoms with Gasteiger partial charge in [0.05, 0.1) is 25.6 Å². The summed E-state index contributed by atoms with van der Waals surface area (Å²) in [6, 6.07) is 24.6. The van der Waals surface area contributed by atoms with Gasteiger partial charge in [0.15, 0.2) is 11.5 Å². The van der Waals surface area contributed by atoms with E-state index < -0.39 is 0 Å². The lowest BCUT2D eigenvalue weighted by molar-refractivity contribution is 0.355. The van der Waals surface area contributed by atoms with E-state index in [2.05, 4.69) is 20.8 Å². The van der Waals surface area contributed by atoms with Crippen LogP contribution in [-0.4, -0.2) is 20.1 Å². The molecule has 0 aliphatic carbocycles. The fourth-order valence-corrected chi connectivity index (χ4v) is 2.35. The van der Waals surface area contributed by atoms with Crippen LogP contribution >= 0.6 is 0 Å². The van der Waals surface area contributed by atoms with Crippen LogP contribution in [0.25, 0.3) is 0 Å². The van der Waals surface area contributed by atoms with Crippen molar-refractivity contribution in [1.82, 2.24) is 0 Å². The molecule has 3 aromatic carbocycles. The van der Waals surface area contributed by atoms with E-state index in [4.69, 9.17) is 9.47 Å². The second kappa shape index (κ2) is 9.15. The van der Waals surface area contributed by atoms with Crippen LogP contribution in [-0.2, 0) is 0 Å². The Kier molecular flexibility index (Phi) is 6.14. The Morgan fingerprint density at radius 2 is 1.44 bits per heavy atom. The third-order valence-corrected chi connectivity index (χ3v) is 3.72. The van der Waals surface area contributed by atoms with Gasteiger partial charge in [-0.2, -0.15) is 5.10 Å². The zero-order valence-corrected chi connectivity index (χ0v) is 15.2. The fourth-order valence-electron chi connectivity index (χ4n) is 2.35. The molecule has 6 heteroatoms. The quantitative estimate of drug-likeness (QED) is 0.282. The first-order valence-electron chi connectivity index (χ1n) is 8.38. The molecule has 136 valence electrons. The standard InChI is InChI=1S/C21H20N4O2/c1-26-19-14-13-16(15-20(19)27-2)21(24-22-17-9-5-3-6-10-17)25-23-18-11-7-4-8-12-18/h3-15,22H,1-2H3/b24-21+,25-23?. The van der Waals surface area contributed by atoms with E-state index in [1.54, 1.807) is 14.2 Å². The number of rotatable bonds is 6. The molecule has 0 saturated carbocycles. The molecule has 0 fully saturated rings. The summed E-state index contributed by atoms with van der Waals surface area (Å²) >= 11 is 0. The van der Waals surface area contributed by atoms with Gasteiger partial charge in [-0.05, 0) is 42.5 Å². The minimum Gasteiger partial charge on any atom is -0.493 e. The Hall–Kier alpha value is -3.67. The van der Waals surface area contributed by atoms with E-state index in [0.717, 1.165) is 16.9 Å². The molecule has 3 aromatic rings. The summed E-state index contributed by atoms with van der Waals surface area (Å²) in [4.78, 5) is 0. The summed E-state index contributed by atoms with van der Waals surface area (Å²) in [5.74, 6) is 1.65. The maximum atomic E-state index is 5.38. The topological polar surface area (TPSA) is 67.6 Å². The first kappa shape index (κ1) is 18.1. The van der Waals surface area contributed by atoms with Gasteiger partial charge < -0.3 is 9.47 Å². The number of benzene rings is 3. The Labute approximate surface area is 158 Å². The molecule has 0 amide bonds. The molecule has 0 unspecified atom stereocenters. The highest BCUT2D eigenvalue weighted by Gasteiger charge is 2.09. The van der Waals surface area contributed by atoms with Gasteiger partial charge in [0.25, 0.3) is 0 Å². The first-order valence-corrected chi connectivity index (χ1v) is 8.38. The van der Waals surface area contributed by atoms with Crippen molar-refractivity contribution in [2.75, 3.05) is 19.6 Å². The van der Waals surface area contributed by atoms with Crippen molar-refractivity contribution in [2.45, 2.75) is 0 Å². The molecule has 27 heavy (non-hydrogen) atoms. The third kappa shape index (κ3) is 4.92. The minimum absolute atomic E-state index is 0.420. The molecule has 0 heterocycles. The van der Waals surface area contributed by atoms with Crippen molar-refractivity contribution in [3.8, 4) is 11.5 Å². The van der Waals surface area contributed by atoms with Crippen molar-refractivity contribution in [2.24, 2.45) is 15.3 Å². The van der Waals surface area contributed by atoms with E-state index in [-0.39, 0.29) is 0 Å². The molecule has 0 saturated heterocycles. The number of hydrogen-bond acceptors (Lipinski definition) is 5. The minimum atomic E-state index is 0.420. The number of methoxy groups -OCH3 is 2. The van der Waals surface area contributed by atoms with Crippen LogP contribution in [0.1, 0.15) is 5.56 Å². The Balaban J connectivity index is 1.95. The largest absolute Gasteiger partial charge is 0.493 e. The van der Waals surface area contributed by atoms with Crippen LogP contribution in [0.4, 0.5) is 11.4 Å². The lowest BCUT2D eigenvalue weighted by atomic mass is 10.2. The van der Waals surface area contributed by atoms with Crippen LogP contribution in [0.2, 0.25) is 0 Å². The highest BCUT2D eigenvalue weighted by atomic mass is 16.5. The van der Waals surface area contributed by atoms with E-state index >= 15 is 0 Å². The molecule has 0 radical (unpaired) electrons. The van der Waals surface area contributed by atoms with E-state index in [1.807, 2.05) is 78.9 Å². The third-order valence-electron chi connectivity index (χ3n) is 3.72. The molecule has 0 spiro atoms. The van der Waals surface area contributed by atoms with Crippen molar-refractivity contribution >= 4 is 17.2 Å². The maximum Gasteiger partial charge on any atom is 0.201 e. The molecule has 0 aliphatic heterocycles. The van der Waals surface area contributed by atoms with Gasteiger partial charge in [0.2, 0.25) is 5.84 Å². The van der Waals surface area contributed by atoms with Gasteiger partial charge in [0.1, 0.15) is 0 Å².